The molecule has 1 aliphatic rings. The number of benzene rings is 2. The van der Waals surface area contributed by atoms with E-state index in [4.69, 9.17) is 0 Å². The highest BCUT2D eigenvalue weighted by Gasteiger charge is 2.27. The Morgan fingerprint density at radius 1 is 1.03 bits per heavy atom. The SMILES string of the molecule is CC[NH+](CC(=O)NC(C)(C)C)CC(=O)N1CC[NH+](Cc2cccc3ccccc23)CC1. The van der Waals surface area contributed by atoms with E-state index in [9.17, 15) is 9.59 Å². The first-order valence-electron chi connectivity index (χ1n) is 11.5. The van der Waals surface area contributed by atoms with Crippen LogP contribution in [-0.2, 0) is 16.1 Å². The fourth-order valence-electron chi connectivity index (χ4n) is 4.29. The number of nitrogens with one attached hydrogen (secondary N) is 3. The average Bonchev–Trinajstić information content (AvgIpc) is 2.72. The van der Waals surface area contributed by atoms with Crippen molar-refractivity contribution < 1.29 is 19.4 Å². The Hall–Kier alpha value is -2.44. The van der Waals surface area contributed by atoms with Gasteiger partial charge in [-0.2, -0.15) is 0 Å². The number of hydrogen-bond acceptors (Lipinski definition) is 2. The van der Waals surface area contributed by atoms with Crippen LogP contribution < -0.4 is 15.1 Å². The van der Waals surface area contributed by atoms with Gasteiger partial charge in [-0.25, -0.2) is 0 Å². The summed E-state index contributed by atoms with van der Waals surface area (Å²) in [6.45, 7) is 13.9. The fraction of sp³-hybridized carbons (Fsp3) is 0.520. The maximum Gasteiger partial charge on any atom is 0.278 e. The number of likely N-dealkylation sites (N-methyl/N-ethyl adjacent to an activating group) is 1. The summed E-state index contributed by atoms with van der Waals surface area (Å²) in [4.78, 5) is 29.6. The van der Waals surface area contributed by atoms with Crippen LogP contribution in [0.25, 0.3) is 10.8 Å². The third kappa shape index (κ3) is 6.77. The molecule has 1 aliphatic heterocycles. The molecule has 0 saturated carbocycles. The van der Waals surface area contributed by atoms with E-state index in [0.29, 0.717) is 13.1 Å². The van der Waals surface area contributed by atoms with Gasteiger partial charge >= 0.3 is 0 Å². The lowest BCUT2D eigenvalue weighted by atomic mass is 10.0. The van der Waals surface area contributed by atoms with Gasteiger partial charge in [0.05, 0.1) is 32.7 Å². The highest BCUT2D eigenvalue weighted by molar-refractivity contribution is 5.85. The summed E-state index contributed by atoms with van der Waals surface area (Å²) in [5.41, 5.74) is 1.13. The van der Waals surface area contributed by atoms with E-state index in [1.54, 1.807) is 0 Å². The summed E-state index contributed by atoms with van der Waals surface area (Å²) in [6, 6.07) is 15.1. The Morgan fingerprint density at radius 3 is 2.39 bits per heavy atom. The van der Waals surface area contributed by atoms with Gasteiger partial charge in [-0.3, -0.25) is 9.59 Å². The van der Waals surface area contributed by atoms with Crippen molar-refractivity contribution in [3.05, 3.63) is 48.0 Å². The summed E-state index contributed by atoms with van der Waals surface area (Å²) in [7, 11) is 0. The average molecular weight is 427 g/mol. The molecule has 168 valence electrons. The molecular formula is C25H38N4O2+2. The van der Waals surface area contributed by atoms with Crippen molar-refractivity contribution in [2.45, 2.75) is 39.8 Å². The molecule has 3 rings (SSSR count). The topological polar surface area (TPSA) is 58.3 Å². The summed E-state index contributed by atoms with van der Waals surface area (Å²) in [5, 5.41) is 5.60. The van der Waals surface area contributed by atoms with E-state index in [1.807, 2.05) is 32.6 Å². The van der Waals surface area contributed by atoms with Crippen molar-refractivity contribution in [1.29, 1.82) is 0 Å². The van der Waals surface area contributed by atoms with Crippen LogP contribution in [-0.4, -0.2) is 68.1 Å². The van der Waals surface area contributed by atoms with Crippen LogP contribution in [0.1, 0.15) is 33.3 Å². The van der Waals surface area contributed by atoms with E-state index in [2.05, 4.69) is 47.8 Å². The molecule has 31 heavy (non-hydrogen) atoms. The first-order chi connectivity index (χ1) is 14.7. The van der Waals surface area contributed by atoms with Crippen LogP contribution in [0.5, 0.6) is 0 Å². The van der Waals surface area contributed by atoms with Gasteiger partial charge in [0.1, 0.15) is 6.54 Å². The van der Waals surface area contributed by atoms with Crippen LogP contribution in [0.4, 0.5) is 0 Å². The van der Waals surface area contributed by atoms with Crippen LogP contribution >= 0.6 is 0 Å². The van der Waals surface area contributed by atoms with Crippen molar-refractivity contribution in [3.63, 3.8) is 0 Å². The molecule has 1 saturated heterocycles. The normalized spacial score (nSPS) is 16.3. The molecule has 1 fully saturated rings. The quantitative estimate of drug-likeness (QED) is 0.579. The molecule has 2 aromatic rings. The Balaban J connectivity index is 1.49. The van der Waals surface area contributed by atoms with Gasteiger partial charge in [0, 0.05) is 11.1 Å². The number of carbonyl (C=O) groups excluding carboxylic acids is 2. The number of fused-ring (bicyclic) bond motifs is 1. The molecule has 0 aliphatic carbocycles. The zero-order chi connectivity index (χ0) is 22.4. The maximum absolute atomic E-state index is 12.8. The Bertz CT molecular complexity index is 893. The Labute approximate surface area is 186 Å². The van der Waals surface area contributed by atoms with Gasteiger partial charge in [-0.05, 0) is 38.5 Å². The first-order valence-corrected chi connectivity index (χ1v) is 11.5. The number of piperazine rings is 1. The van der Waals surface area contributed by atoms with Crippen molar-refractivity contribution in [2.75, 3.05) is 45.8 Å². The summed E-state index contributed by atoms with van der Waals surface area (Å²) >= 11 is 0. The second-order valence-corrected chi connectivity index (χ2v) is 9.70. The number of hydrogen-bond donors (Lipinski definition) is 3. The molecule has 6 heteroatoms. The van der Waals surface area contributed by atoms with Gasteiger partial charge in [0.25, 0.3) is 11.8 Å². The lowest BCUT2D eigenvalue weighted by Crippen LogP contribution is -3.15. The van der Waals surface area contributed by atoms with Crippen LogP contribution in [0, 0.1) is 0 Å². The monoisotopic (exact) mass is 426 g/mol. The number of amides is 2. The van der Waals surface area contributed by atoms with E-state index in [0.717, 1.165) is 44.2 Å². The predicted octanol–water partition coefficient (Wildman–Crippen LogP) is -0.114. The van der Waals surface area contributed by atoms with Crippen LogP contribution in [0.15, 0.2) is 42.5 Å². The molecule has 2 amide bonds. The van der Waals surface area contributed by atoms with Gasteiger partial charge in [-0.1, -0.05) is 42.5 Å². The van der Waals surface area contributed by atoms with Crippen molar-refractivity contribution in [3.8, 4) is 0 Å². The second kappa shape index (κ2) is 10.2. The molecule has 2 aromatic carbocycles. The molecule has 0 bridgehead atoms. The van der Waals surface area contributed by atoms with E-state index < -0.39 is 0 Å². The molecule has 1 heterocycles. The van der Waals surface area contributed by atoms with E-state index >= 15 is 0 Å². The lowest BCUT2D eigenvalue weighted by molar-refractivity contribution is -0.917. The zero-order valence-electron chi connectivity index (χ0n) is 19.5. The summed E-state index contributed by atoms with van der Waals surface area (Å²) < 4.78 is 0. The Kier molecular flexibility index (Phi) is 7.68. The van der Waals surface area contributed by atoms with Crippen LogP contribution in [0.3, 0.4) is 0 Å². The highest BCUT2D eigenvalue weighted by atomic mass is 16.2. The van der Waals surface area contributed by atoms with Crippen molar-refractivity contribution in [2.24, 2.45) is 0 Å². The molecule has 6 nitrogen and oxygen atoms in total. The summed E-state index contributed by atoms with van der Waals surface area (Å²) in [6.07, 6.45) is 0. The van der Waals surface area contributed by atoms with Gasteiger partial charge in [0.15, 0.2) is 13.1 Å². The smallest absolute Gasteiger partial charge is 0.278 e. The first kappa shape index (κ1) is 23.2. The van der Waals surface area contributed by atoms with Gasteiger partial charge in [-0.15, -0.1) is 0 Å². The number of carbonyl (C=O) groups is 2. The lowest BCUT2D eigenvalue weighted by Gasteiger charge is -2.33. The minimum absolute atomic E-state index is 0.00139. The molecule has 0 spiro atoms. The van der Waals surface area contributed by atoms with E-state index in [1.165, 1.54) is 21.2 Å². The highest BCUT2D eigenvalue weighted by Crippen LogP contribution is 2.17. The van der Waals surface area contributed by atoms with Gasteiger partial charge in [0.2, 0.25) is 0 Å². The van der Waals surface area contributed by atoms with E-state index in [-0.39, 0.29) is 17.4 Å². The standard InChI is InChI=1S/C25H36N4O2/c1-5-27(18-23(30)26-25(2,3)4)19-24(31)29-15-13-28(14-16-29)17-21-11-8-10-20-9-6-7-12-22(20)21/h6-12H,5,13-19H2,1-4H3,(H,26,30)/p+2. The predicted molar refractivity (Wildman–Crippen MR) is 124 cm³/mol. The molecule has 0 aromatic heterocycles. The zero-order valence-corrected chi connectivity index (χ0v) is 19.5. The largest absolute Gasteiger partial charge is 0.347 e. The fourth-order valence-corrected chi connectivity index (χ4v) is 4.29. The molecule has 3 N–H and O–H groups in total. The maximum atomic E-state index is 12.8. The molecule has 0 radical (unpaired) electrons. The van der Waals surface area contributed by atoms with Crippen molar-refractivity contribution >= 4 is 22.6 Å². The summed E-state index contributed by atoms with van der Waals surface area (Å²) in [5.74, 6) is 0.158. The van der Waals surface area contributed by atoms with Crippen LogP contribution in [0.2, 0.25) is 0 Å². The number of rotatable bonds is 7. The molecular weight excluding hydrogens is 388 g/mol. The molecule has 1 atom stereocenters. The third-order valence-corrected chi connectivity index (χ3v) is 5.97. The van der Waals surface area contributed by atoms with Gasteiger partial charge < -0.3 is 20.0 Å². The second-order valence-electron chi connectivity index (χ2n) is 9.70. The third-order valence-electron chi connectivity index (χ3n) is 5.97. The van der Waals surface area contributed by atoms with Crippen molar-refractivity contribution in [1.82, 2.24) is 10.2 Å². The number of nitrogens with zero attached hydrogens (tertiary/aromatic N) is 1. The minimum atomic E-state index is -0.247. The number of quaternary nitrogens is 2. The molecule has 1 unspecified atom stereocenters. The minimum Gasteiger partial charge on any atom is -0.347 e. The Morgan fingerprint density at radius 2 is 1.71 bits per heavy atom.